The smallest absolute Gasteiger partial charge is 0.358 e. The van der Waals surface area contributed by atoms with Crippen molar-refractivity contribution in [1.29, 1.82) is 0 Å². The minimum Gasteiger partial charge on any atom is -0.461 e. The zero-order valence-corrected chi connectivity index (χ0v) is 16.9. The molecule has 0 saturated heterocycles. The topological polar surface area (TPSA) is 76.5 Å². The van der Waals surface area contributed by atoms with Gasteiger partial charge in [0.05, 0.1) is 12.3 Å². The van der Waals surface area contributed by atoms with Crippen molar-refractivity contribution in [2.24, 2.45) is 0 Å². The molecular weight excluding hydrogens is 380 g/mol. The van der Waals surface area contributed by atoms with E-state index in [1.807, 2.05) is 41.3 Å². The fraction of sp³-hybridized carbons (Fsp3) is 0.261. The molecule has 0 spiro atoms. The van der Waals surface area contributed by atoms with Crippen LogP contribution in [0.4, 0.5) is 10.5 Å². The van der Waals surface area contributed by atoms with Crippen LogP contribution >= 0.6 is 0 Å². The number of fused-ring (bicyclic) bond motifs is 1. The summed E-state index contributed by atoms with van der Waals surface area (Å²) in [4.78, 5) is 26.3. The number of anilines is 1. The Morgan fingerprint density at radius 3 is 2.30 bits per heavy atom. The molecule has 0 saturated carbocycles. The molecule has 7 nitrogen and oxygen atoms in total. The maximum absolute atomic E-state index is 12.7. The fourth-order valence-corrected chi connectivity index (χ4v) is 3.55. The minimum absolute atomic E-state index is 0.0979. The third-order valence-electron chi connectivity index (χ3n) is 5.16. The van der Waals surface area contributed by atoms with Crippen LogP contribution in [0, 0.1) is 0 Å². The molecule has 1 N–H and O–H groups in total. The summed E-state index contributed by atoms with van der Waals surface area (Å²) in [6.07, 6.45) is 3.43. The number of urea groups is 1. The molecule has 0 radical (unpaired) electrons. The van der Waals surface area contributed by atoms with Crippen LogP contribution in [-0.2, 0) is 17.6 Å². The van der Waals surface area contributed by atoms with E-state index in [0.717, 1.165) is 18.5 Å². The summed E-state index contributed by atoms with van der Waals surface area (Å²) < 4.78 is 6.56. The number of nitrogens with zero attached hydrogens (tertiary/aromatic N) is 3. The first-order chi connectivity index (χ1) is 14.6. The van der Waals surface area contributed by atoms with Crippen LogP contribution in [0.3, 0.4) is 0 Å². The van der Waals surface area contributed by atoms with Crippen LogP contribution in [-0.4, -0.2) is 46.4 Å². The van der Waals surface area contributed by atoms with Gasteiger partial charge < -0.3 is 15.0 Å². The molecule has 1 aliphatic rings. The predicted molar refractivity (Wildman–Crippen MR) is 114 cm³/mol. The van der Waals surface area contributed by atoms with Gasteiger partial charge in [-0.1, -0.05) is 24.3 Å². The molecule has 0 aliphatic carbocycles. The number of carbonyl (C=O) groups is 2. The van der Waals surface area contributed by atoms with Crippen molar-refractivity contribution < 1.29 is 14.3 Å². The lowest BCUT2D eigenvalue weighted by Gasteiger charge is -2.21. The van der Waals surface area contributed by atoms with Crippen molar-refractivity contribution in [3.63, 3.8) is 0 Å². The van der Waals surface area contributed by atoms with E-state index in [4.69, 9.17) is 4.74 Å². The highest BCUT2D eigenvalue weighted by Gasteiger charge is 2.18. The molecule has 2 heterocycles. The van der Waals surface area contributed by atoms with E-state index in [-0.39, 0.29) is 11.7 Å². The molecule has 1 aromatic heterocycles. The molecule has 4 rings (SSSR count). The van der Waals surface area contributed by atoms with Crippen molar-refractivity contribution in [2.45, 2.75) is 19.8 Å². The van der Waals surface area contributed by atoms with Crippen molar-refractivity contribution in [2.75, 3.05) is 25.0 Å². The summed E-state index contributed by atoms with van der Waals surface area (Å²) in [5.74, 6) is -0.445. The summed E-state index contributed by atoms with van der Waals surface area (Å²) in [6, 6.07) is 17.2. The number of benzene rings is 2. The number of hydrogen-bond acceptors (Lipinski definition) is 4. The molecule has 0 unspecified atom stereocenters. The summed E-state index contributed by atoms with van der Waals surface area (Å²) in [7, 11) is 0. The Bertz CT molecular complexity index is 1020. The Morgan fingerprint density at radius 1 is 1.00 bits per heavy atom. The average Bonchev–Trinajstić information content (AvgIpc) is 3.15. The van der Waals surface area contributed by atoms with E-state index in [9.17, 15) is 9.59 Å². The van der Waals surface area contributed by atoms with E-state index in [1.54, 1.807) is 23.9 Å². The highest BCUT2D eigenvalue weighted by Crippen LogP contribution is 2.18. The lowest BCUT2D eigenvalue weighted by molar-refractivity contribution is 0.0519. The Morgan fingerprint density at radius 2 is 1.67 bits per heavy atom. The highest BCUT2D eigenvalue weighted by molar-refractivity contribution is 5.89. The van der Waals surface area contributed by atoms with Gasteiger partial charge in [-0.3, -0.25) is 0 Å². The Balaban J connectivity index is 1.38. The van der Waals surface area contributed by atoms with E-state index < -0.39 is 5.97 Å². The zero-order valence-electron chi connectivity index (χ0n) is 16.9. The third kappa shape index (κ3) is 4.35. The molecule has 3 aromatic rings. The second kappa shape index (κ2) is 8.82. The van der Waals surface area contributed by atoms with Crippen LogP contribution in [0.5, 0.6) is 0 Å². The van der Waals surface area contributed by atoms with Gasteiger partial charge in [-0.25, -0.2) is 14.3 Å². The second-order valence-electron chi connectivity index (χ2n) is 7.10. The number of nitrogens with one attached hydrogen (secondary N) is 1. The average molecular weight is 404 g/mol. The van der Waals surface area contributed by atoms with Gasteiger partial charge >= 0.3 is 12.0 Å². The van der Waals surface area contributed by atoms with Crippen molar-refractivity contribution >= 4 is 17.7 Å². The van der Waals surface area contributed by atoms with E-state index in [2.05, 4.69) is 22.5 Å². The Hall–Kier alpha value is -3.61. The molecule has 2 amide bonds. The molecule has 0 fully saturated rings. The highest BCUT2D eigenvalue weighted by atomic mass is 16.5. The molecule has 2 aromatic carbocycles. The fourth-order valence-electron chi connectivity index (χ4n) is 3.55. The second-order valence-corrected chi connectivity index (χ2v) is 7.10. The van der Waals surface area contributed by atoms with Gasteiger partial charge in [-0.15, -0.1) is 0 Å². The summed E-state index contributed by atoms with van der Waals surface area (Å²) in [5, 5.41) is 7.21. The third-order valence-corrected chi connectivity index (χ3v) is 5.16. The number of amides is 2. The maximum Gasteiger partial charge on any atom is 0.358 e. The molecule has 0 atom stereocenters. The summed E-state index contributed by atoms with van der Waals surface area (Å²) >= 11 is 0. The lowest BCUT2D eigenvalue weighted by Crippen LogP contribution is -2.36. The number of rotatable bonds is 4. The van der Waals surface area contributed by atoms with E-state index >= 15 is 0 Å². The SMILES string of the molecule is CCOC(=O)c1ccn(-c2ccc(NC(=O)N3CCc4ccccc4CC3)cc2)n1. The minimum atomic E-state index is -0.445. The van der Waals surface area contributed by atoms with Gasteiger partial charge in [-0.05, 0) is 61.2 Å². The molecule has 0 bridgehead atoms. The quantitative estimate of drug-likeness (QED) is 0.673. The number of ether oxygens (including phenoxy) is 1. The predicted octanol–water partition coefficient (Wildman–Crippen LogP) is 3.68. The normalized spacial score (nSPS) is 13.3. The van der Waals surface area contributed by atoms with Crippen LogP contribution < -0.4 is 5.32 Å². The summed E-state index contributed by atoms with van der Waals surface area (Å²) in [6.45, 7) is 3.46. The van der Waals surface area contributed by atoms with E-state index in [0.29, 0.717) is 25.4 Å². The van der Waals surface area contributed by atoms with Gasteiger partial charge in [0.15, 0.2) is 5.69 Å². The zero-order chi connectivity index (χ0) is 20.9. The van der Waals surface area contributed by atoms with Crippen LogP contribution in [0.25, 0.3) is 5.69 Å². The maximum atomic E-state index is 12.7. The van der Waals surface area contributed by atoms with Crippen molar-refractivity contribution in [1.82, 2.24) is 14.7 Å². The van der Waals surface area contributed by atoms with Gasteiger partial charge in [0.1, 0.15) is 0 Å². The number of carbonyl (C=O) groups excluding carboxylic acids is 2. The van der Waals surface area contributed by atoms with Crippen LogP contribution in [0.15, 0.2) is 60.8 Å². The lowest BCUT2D eigenvalue weighted by atomic mass is 10.0. The molecule has 30 heavy (non-hydrogen) atoms. The monoisotopic (exact) mass is 404 g/mol. The molecule has 1 aliphatic heterocycles. The molecule has 154 valence electrons. The van der Waals surface area contributed by atoms with Gasteiger partial charge in [0, 0.05) is 25.0 Å². The van der Waals surface area contributed by atoms with Crippen LogP contribution in [0.2, 0.25) is 0 Å². The Kier molecular flexibility index (Phi) is 5.79. The van der Waals surface area contributed by atoms with Gasteiger partial charge in [0.25, 0.3) is 0 Å². The number of hydrogen-bond donors (Lipinski definition) is 1. The Labute approximate surface area is 175 Å². The van der Waals surface area contributed by atoms with Gasteiger partial charge in [-0.2, -0.15) is 5.10 Å². The number of esters is 1. The van der Waals surface area contributed by atoms with E-state index in [1.165, 1.54) is 11.1 Å². The standard InChI is InChI=1S/C23H24N4O3/c1-2-30-22(28)21-13-16-27(25-21)20-9-7-19(8-10-20)24-23(29)26-14-11-17-5-3-4-6-18(17)12-15-26/h3-10,13,16H,2,11-12,14-15H2,1H3,(H,24,29). The van der Waals surface area contributed by atoms with Gasteiger partial charge in [0.2, 0.25) is 0 Å². The van der Waals surface area contributed by atoms with Crippen molar-refractivity contribution in [3.05, 3.63) is 77.6 Å². The first kappa shape index (κ1) is 19.7. The first-order valence-electron chi connectivity index (χ1n) is 10.1. The molecular formula is C23H24N4O3. The largest absolute Gasteiger partial charge is 0.461 e. The van der Waals surface area contributed by atoms with Crippen LogP contribution in [0.1, 0.15) is 28.5 Å². The van der Waals surface area contributed by atoms with Crippen molar-refractivity contribution in [3.8, 4) is 5.69 Å². The summed E-state index contributed by atoms with van der Waals surface area (Å²) in [5.41, 5.74) is 4.39. The number of aromatic nitrogens is 2. The molecule has 7 heteroatoms. The first-order valence-corrected chi connectivity index (χ1v) is 10.1.